The van der Waals surface area contributed by atoms with Gasteiger partial charge in [0.15, 0.2) is 0 Å². The maximum Gasteiger partial charge on any atom is 0.243 e. The molecule has 0 aliphatic carbocycles. The molecular formula is C15H25ClN2O2S. The van der Waals surface area contributed by atoms with E-state index in [9.17, 15) is 8.42 Å². The van der Waals surface area contributed by atoms with Crippen LogP contribution in [0, 0.1) is 0 Å². The maximum atomic E-state index is 12.6. The largest absolute Gasteiger partial charge is 0.327 e. The fraction of sp³-hybridized carbons (Fsp3) is 0.600. The summed E-state index contributed by atoms with van der Waals surface area (Å²) < 4.78 is 26.6. The number of halogens is 1. The number of nitrogens with two attached hydrogens (primary N) is 1. The highest BCUT2D eigenvalue weighted by Gasteiger charge is 2.29. The van der Waals surface area contributed by atoms with Crippen molar-refractivity contribution in [2.24, 2.45) is 5.73 Å². The quantitative estimate of drug-likeness (QED) is 0.905. The summed E-state index contributed by atoms with van der Waals surface area (Å²) in [4.78, 5) is 0.361. The summed E-state index contributed by atoms with van der Waals surface area (Å²) in [6.45, 7) is 7.32. The summed E-state index contributed by atoms with van der Waals surface area (Å²) in [6.07, 6.45) is 1.73. The Morgan fingerprint density at radius 3 is 2.24 bits per heavy atom. The maximum absolute atomic E-state index is 12.6. The van der Waals surface area contributed by atoms with Gasteiger partial charge in [-0.25, -0.2) is 8.42 Å². The zero-order valence-electron chi connectivity index (χ0n) is 12.9. The predicted octanol–water partition coefficient (Wildman–Crippen LogP) is 2.52. The molecule has 0 saturated carbocycles. The van der Waals surface area contributed by atoms with Gasteiger partial charge in [0, 0.05) is 19.1 Å². The average Bonchev–Trinajstić information content (AvgIpc) is 2.38. The first kappa shape index (κ1) is 18.4. The number of hydrogen-bond acceptors (Lipinski definition) is 3. The fourth-order valence-corrected chi connectivity index (χ4v) is 4.00. The number of nitrogens with zero attached hydrogens (tertiary/aromatic N) is 1. The van der Waals surface area contributed by atoms with Gasteiger partial charge in [-0.05, 0) is 36.0 Å². The molecule has 1 aromatic carbocycles. The highest BCUT2D eigenvalue weighted by Crippen LogP contribution is 2.25. The van der Waals surface area contributed by atoms with Gasteiger partial charge in [0.05, 0.1) is 4.90 Å². The van der Waals surface area contributed by atoms with Crippen LogP contribution in [0.5, 0.6) is 0 Å². The lowest BCUT2D eigenvalue weighted by molar-refractivity contribution is 0.316. The lowest BCUT2D eigenvalue weighted by Crippen LogP contribution is -2.45. The molecule has 120 valence electrons. The van der Waals surface area contributed by atoms with Gasteiger partial charge >= 0.3 is 0 Å². The van der Waals surface area contributed by atoms with E-state index < -0.39 is 10.0 Å². The van der Waals surface area contributed by atoms with Gasteiger partial charge in [0.25, 0.3) is 0 Å². The number of sulfonamides is 1. The van der Waals surface area contributed by atoms with E-state index in [0.717, 1.165) is 18.4 Å². The van der Waals surface area contributed by atoms with Crippen LogP contribution >= 0.6 is 12.4 Å². The summed E-state index contributed by atoms with van der Waals surface area (Å²) in [7, 11) is -3.40. The molecule has 1 aliphatic rings. The fourth-order valence-electron chi connectivity index (χ4n) is 2.47. The van der Waals surface area contributed by atoms with Gasteiger partial charge in [-0.15, -0.1) is 12.4 Å². The Morgan fingerprint density at radius 2 is 1.76 bits per heavy atom. The van der Waals surface area contributed by atoms with Crippen LogP contribution in [-0.2, 0) is 15.4 Å². The summed E-state index contributed by atoms with van der Waals surface area (Å²) in [5.74, 6) is 0. The zero-order chi connectivity index (χ0) is 15.0. The van der Waals surface area contributed by atoms with Crippen LogP contribution in [0.4, 0.5) is 0 Å². The molecule has 4 nitrogen and oxygen atoms in total. The standard InChI is InChI=1S/C15H24N2O2S.ClH/c1-15(2,3)12-6-8-14(9-7-12)20(18,19)17-10-4-5-13(16)11-17;/h6-9,13H,4-5,10-11,16H2,1-3H3;1H. The number of rotatable bonds is 2. The minimum atomic E-state index is -3.40. The second-order valence-electron chi connectivity index (χ2n) is 6.54. The highest BCUT2D eigenvalue weighted by molar-refractivity contribution is 7.89. The van der Waals surface area contributed by atoms with E-state index in [-0.39, 0.29) is 23.9 Å². The first-order valence-electron chi connectivity index (χ1n) is 7.07. The molecule has 1 atom stereocenters. The molecule has 1 aromatic rings. The lowest BCUT2D eigenvalue weighted by atomic mass is 9.87. The van der Waals surface area contributed by atoms with Crippen molar-refractivity contribution >= 4 is 22.4 Å². The molecular weight excluding hydrogens is 308 g/mol. The number of piperidine rings is 1. The Kier molecular flexibility index (Phi) is 5.83. The van der Waals surface area contributed by atoms with Crippen LogP contribution in [0.2, 0.25) is 0 Å². The van der Waals surface area contributed by atoms with Crippen molar-refractivity contribution in [2.75, 3.05) is 13.1 Å². The van der Waals surface area contributed by atoms with Crippen LogP contribution in [0.15, 0.2) is 29.2 Å². The summed E-state index contributed by atoms with van der Waals surface area (Å²) in [5.41, 5.74) is 7.03. The van der Waals surface area contributed by atoms with Crippen molar-refractivity contribution in [3.8, 4) is 0 Å². The van der Waals surface area contributed by atoms with Crippen molar-refractivity contribution in [1.82, 2.24) is 4.31 Å². The van der Waals surface area contributed by atoms with Gasteiger partial charge in [0.2, 0.25) is 10.0 Å². The topological polar surface area (TPSA) is 63.4 Å². The first-order chi connectivity index (χ1) is 9.21. The SMILES string of the molecule is CC(C)(C)c1ccc(S(=O)(=O)N2CCCC(N)C2)cc1.Cl. The molecule has 1 fully saturated rings. The summed E-state index contributed by atoms with van der Waals surface area (Å²) >= 11 is 0. The molecule has 1 saturated heterocycles. The third-order valence-electron chi connectivity index (χ3n) is 3.78. The molecule has 0 amide bonds. The van der Waals surface area contributed by atoms with E-state index in [1.807, 2.05) is 12.1 Å². The second-order valence-corrected chi connectivity index (χ2v) is 8.48. The van der Waals surface area contributed by atoms with Crippen molar-refractivity contribution in [3.63, 3.8) is 0 Å². The Balaban J connectivity index is 0.00000220. The normalized spacial score (nSPS) is 20.9. The Labute approximate surface area is 134 Å². The molecule has 1 unspecified atom stereocenters. The molecule has 0 aromatic heterocycles. The Bertz CT molecular complexity index is 564. The van der Waals surface area contributed by atoms with E-state index in [1.165, 1.54) is 4.31 Å². The molecule has 1 heterocycles. The van der Waals surface area contributed by atoms with E-state index in [2.05, 4.69) is 20.8 Å². The third-order valence-corrected chi connectivity index (χ3v) is 5.66. The molecule has 1 aliphatic heterocycles. The molecule has 6 heteroatoms. The van der Waals surface area contributed by atoms with E-state index in [1.54, 1.807) is 12.1 Å². The molecule has 0 radical (unpaired) electrons. The third kappa shape index (κ3) is 4.19. The molecule has 2 N–H and O–H groups in total. The Hall–Kier alpha value is -0.620. The number of benzene rings is 1. The highest BCUT2D eigenvalue weighted by atomic mass is 35.5. The Morgan fingerprint density at radius 1 is 1.19 bits per heavy atom. The van der Waals surface area contributed by atoms with Gasteiger partial charge < -0.3 is 5.73 Å². The average molecular weight is 333 g/mol. The number of hydrogen-bond donors (Lipinski definition) is 1. The summed E-state index contributed by atoms with van der Waals surface area (Å²) in [6, 6.07) is 7.16. The van der Waals surface area contributed by atoms with Crippen molar-refractivity contribution < 1.29 is 8.42 Å². The summed E-state index contributed by atoms with van der Waals surface area (Å²) in [5, 5.41) is 0. The van der Waals surface area contributed by atoms with Crippen LogP contribution in [-0.4, -0.2) is 31.9 Å². The van der Waals surface area contributed by atoms with Crippen LogP contribution in [0.1, 0.15) is 39.2 Å². The van der Waals surface area contributed by atoms with Gasteiger partial charge in [0.1, 0.15) is 0 Å². The van der Waals surface area contributed by atoms with E-state index in [4.69, 9.17) is 5.73 Å². The van der Waals surface area contributed by atoms with E-state index >= 15 is 0 Å². The van der Waals surface area contributed by atoms with Crippen molar-refractivity contribution in [2.45, 2.75) is 50.0 Å². The lowest BCUT2D eigenvalue weighted by Gasteiger charge is -2.30. The monoisotopic (exact) mass is 332 g/mol. The molecule has 2 rings (SSSR count). The van der Waals surface area contributed by atoms with Crippen LogP contribution < -0.4 is 5.73 Å². The second kappa shape index (κ2) is 6.65. The first-order valence-corrected chi connectivity index (χ1v) is 8.51. The minimum absolute atomic E-state index is 0. The van der Waals surface area contributed by atoms with Crippen molar-refractivity contribution in [3.05, 3.63) is 29.8 Å². The molecule has 21 heavy (non-hydrogen) atoms. The predicted molar refractivity (Wildman–Crippen MR) is 88.4 cm³/mol. The van der Waals surface area contributed by atoms with Crippen LogP contribution in [0.3, 0.4) is 0 Å². The smallest absolute Gasteiger partial charge is 0.243 e. The zero-order valence-corrected chi connectivity index (χ0v) is 14.5. The van der Waals surface area contributed by atoms with Gasteiger partial charge in [-0.1, -0.05) is 32.9 Å². The van der Waals surface area contributed by atoms with Crippen molar-refractivity contribution in [1.29, 1.82) is 0 Å². The van der Waals surface area contributed by atoms with Gasteiger partial charge in [-0.3, -0.25) is 0 Å². The molecule has 0 bridgehead atoms. The van der Waals surface area contributed by atoms with Crippen LogP contribution in [0.25, 0.3) is 0 Å². The molecule has 0 spiro atoms. The van der Waals surface area contributed by atoms with E-state index in [0.29, 0.717) is 18.0 Å². The minimum Gasteiger partial charge on any atom is -0.327 e. The van der Waals surface area contributed by atoms with Gasteiger partial charge in [-0.2, -0.15) is 4.31 Å².